The minimum Gasteiger partial charge on any atom is -0.360 e. The zero-order valence-electron chi connectivity index (χ0n) is 15.4. The van der Waals surface area contributed by atoms with Gasteiger partial charge in [-0.05, 0) is 24.6 Å². The van der Waals surface area contributed by atoms with Gasteiger partial charge in [-0.1, -0.05) is 46.6 Å². The van der Waals surface area contributed by atoms with Crippen LogP contribution in [0, 0.1) is 18.8 Å². The standard InChI is InChI=1S/C20H17Cl2N3O4/c1-10-6-15(24-29-10)25-9-20-5-4-14(28-20)16(17(20)19(25)27)18(26)23-8-11-2-3-12(21)13(22)7-11/h2-7,14,16-17H,8-9H2,1H3,(H,23,26)/t14-,16-,17-,20-/m0/s1. The van der Waals surface area contributed by atoms with E-state index in [1.54, 1.807) is 31.2 Å². The molecule has 0 aliphatic carbocycles. The van der Waals surface area contributed by atoms with Crippen molar-refractivity contribution in [2.75, 3.05) is 11.4 Å². The van der Waals surface area contributed by atoms with E-state index in [-0.39, 0.29) is 18.4 Å². The molecule has 5 rings (SSSR count). The second-order valence-electron chi connectivity index (χ2n) is 7.59. The normalized spacial score (nSPS) is 29.6. The maximum absolute atomic E-state index is 13.2. The number of hydrogen-bond acceptors (Lipinski definition) is 5. The summed E-state index contributed by atoms with van der Waals surface area (Å²) < 4.78 is 11.2. The molecule has 1 aromatic carbocycles. The number of nitrogens with one attached hydrogen (secondary N) is 1. The Morgan fingerprint density at radius 3 is 2.90 bits per heavy atom. The monoisotopic (exact) mass is 433 g/mol. The lowest BCUT2D eigenvalue weighted by atomic mass is 9.77. The van der Waals surface area contributed by atoms with Crippen molar-refractivity contribution in [3.05, 3.63) is 57.8 Å². The van der Waals surface area contributed by atoms with Gasteiger partial charge in [-0.3, -0.25) is 14.5 Å². The van der Waals surface area contributed by atoms with Crippen LogP contribution in [0.25, 0.3) is 0 Å². The number of amides is 2. The Bertz CT molecular complexity index is 1050. The molecular weight excluding hydrogens is 417 g/mol. The Hall–Kier alpha value is -2.35. The van der Waals surface area contributed by atoms with Gasteiger partial charge in [-0.25, -0.2) is 0 Å². The number of nitrogens with zero attached hydrogens (tertiary/aromatic N) is 2. The van der Waals surface area contributed by atoms with Gasteiger partial charge in [0.2, 0.25) is 11.8 Å². The van der Waals surface area contributed by atoms with E-state index in [2.05, 4.69) is 10.5 Å². The summed E-state index contributed by atoms with van der Waals surface area (Å²) in [7, 11) is 0. The van der Waals surface area contributed by atoms with Crippen LogP contribution in [0.5, 0.6) is 0 Å². The molecule has 3 aliphatic heterocycles. The molecule has 150 valence electrons. The van der Waals surface area contributed by atoms with Crippen molar-refractivity contribution < 1.29 is 18.8 Å². The molecule has 1 aromatic heterocycles. The van der Waals surface area contributed by atoms with Gasteiger partial charge in [0.15, 0.2) is 5.82 Å². The molecule has 1 spiro atoms. The average Bonchev–Trinajstić information content (AvgIpc) is 3.43. The minimum atomic E-state index is -0.805. The summed E-state index contributed by atoms with van der Waals surface area (Å²) in [5.74, 6) is -0.564. The third-order valence-corrected chi connectivity index (χ3v) is 6.48. The number of anilines is 1. The second kappa shape index (κ2) is 6.58. The molecule has 0 unspecified atom stereocenters. The van der Waals surface area contributed by atoms with Crippen LogP contribution in [-0.4, -0.2) is 35.2 Å². The predicted molar refractivity (Wildman–Crippen MR) is 106 cm³/mol. The van der Waals surface area contributed by atoms with Crippen LogP contribution in [0.4, 0.5) is 5.82 Å². The molecule has 3 aliphatic rings. The number of ether oxygens (including phenoxy) is 1. The summed E-state index contributed by atoms with van der Waals surface area (Å²) in [5.41, 5.74) is 0.0136. The molecule has 2 bridgehead atoms. The van der Waals surface area contributed by atoms with Crippen LogP contribution in [0.1, 0.15) is 11.3 Å². The summed E-state index contributed by atoms with van der Waals surface area (Å²) in [4.78, 5) is 27.7. The number of rotatable bonds is 4. The first-order valence-corrected chi connectivity index (χ1v) is 9.97. The number of carbonyl (C=O) groups excluding carboxylic acids is 2. The van der Waals surface area contributed by atoms with Crippen molar-refractivity contribution in [1.82, 2.24) is 10.5 Å². The Kier molecular flexibility index (Phi) is 4.24. The molecule has 29 heavy (non-hydrogen) atoms. The van der Waals surface area contributed by atoms with Gasteiger partial charge >= 0.3 is 0 Å². The van der Waals surface area contributed by atoms with Gasteiger partial charge in [-0.2, -0.15) is 0 Å². The quantitative estimate of drug-likeness (QED) is 0.749. The van der Waals surface area contributed by atoms with Crippen molar-refractivity contribution in [3.63, 3.8) is 0 Å². The van der Waals surface area contributed by atoms with E-state index in [1.165, 1.54) is 4.90 Å². The average molecular weight is 434 g/mol. The van der Waals surface area contributed by atoms with Crippen molar-refractivity contribution in [3.8, 4) is 0 Å². The zero-order chi connectivity index (χ0) is 20.3. The third-order valence-electron chi connectivity index (χ3n) is 5.75. The number of benzene rings is 1. The first kappa shape index (κ1) is 18.7. The summed E-state index contributed by atoms with van der Waals surface area (Å²) >= 11 is 12.0. The number of halogens is 2. The molecule has 4 atom stereocenters. The van der Waals surface area contributed by atoms with E-state index in [1.807, 2.05) is 12.2 Å². The molecule has 7 nitrogen and oxygen atoms in total. The topological polar surface area (TPSA) is 84.7 Å². The van der Waals surface area contributed by atoms with Crippen LogP contribution >= 0.6 is 23.2 Å². The Balaban J connectivity index is 1.36. The highest BCUT2D eigenvalue weighted by Gasteiger charge is 2.67. The number of aryl methyl sites for hydroxylation is 1. The van der Waals surface area contributed by atoms with E-state index in [0.29, 0.717) is 28.2 Å². The van der Waals surface area contributed by atoms with Gasteiger partial charge in [0.1, 0.15) is 11.4 Å². The highest BCUT2D eigenvalue weighted by Crippen LogP contribution is 2.52. The van der Waals surface area contributed by atoms with Gasteiger partial charge in [0, 0.05) is 12.6 Å². The van der Waals surface area contributed by atoms with Gasteiger partial charge < -0.3 is 14.6 Å². The molecule has 2 aromatic rings. The fourth-order valence-electron chi connectivity index (χ4n) is 4.43. The molecule has 2 fully saturated rings. The van der Waals surface area contributed by atoms with Crippen molar-refractivity contribution in [2.45, 2.75) is 25.2 Å². The van der Waals surface area contributed by atoms with Crippen LogP contribution in [0.2, 0.25) is 10.0 Å². The third kappa shape index (κ3) is 2.87. The van der Waals surface area contributed by atoms with Crippen molar-refractivity contribution in [1.29, 1.82) is 0 Å². The SMILES string of the molecule is Cc1cc(N2C[C@]34C=C[C@H](O3)[C@H](C(=O)NCc3ccc(Cl)c(Cl)c3)[C@H]4C2=O)no1. The predicted octanol–water partition coefficient (Wildman–Crippen LogP) is 2.89. The first-order chi connectivity index (χ1) is 13.9. The Morgan fingerprint density at radius 1 is 1.34 bits per heavy atom. The van der Waals surface area contributed by atoms with Gasteiger partial charge in [0.25, 0.3) is 0 Å². The number of hydrogen-bond donors (Lipinski definition) is 1. The van der Waals surface area contributed by atoms with Crippen LogP contribution < -0.4 is 10.2 Å². The molecule has 0 radical (unpaired) electrons. The van der Waals surface area contributed by atoms with E-state index in [4.69, 9.17) is 32.5 Å². The molecule has 2 saturated heterocycles. The summed E-state index contributed by atoms with van der Waals surface area (Å²) in [6, 6.07) is 6.88. The van der Waals surface area contributed by atoms with Crippen molar-refractivity contribution in [2.24, 2.45) is 11.8 Å². The van der Waals surface area contributed by atoms with E-state index >= 15 is 0 Å². The van der Waals surface area contributed by atoms with Crippen LogP contribution in [-0.2, 0) is 20.9 Å². The lowest BCUT2D eigenvalue weighted by Gasteiger charge is -2.23. The van der Waals surface area contributed by atoms with Crippen molar-refractivity contribution >= 4 is 40.8 Å². The van der Waals surface area contributed by atoms with E-state index in [9.17, 15) is 9.59 Å². The smallest absolute Gasteiger partial charge is 0.235 e. The fourth-order valence-corrected chi connectivity index (χ4v) is 4.75. The largest absolute Gasteiger partial charge is 0.360 e. The number of aromatic nitrogens is 1. The molecular formula is C20H17Cl2N3O4. The van der Waals surface area contributed by atoms with Gasteiger partial charge in [0.05, 0.1) is 34.5 Å². The number of fused-ring (bicyclic) bond motifs is 1. The minimum absolute atomic E-state index is 0.181. The van der Waals surface area contributed by atoms with E-state index < -0.39 is 23.5 Å². The fraction of sp³-hybridized carbons (Fsp3) is 0.350. The van der Waals surface area contributed by atoms with E-state index in [0.717, 1.165) is 5.56 Å². The molecule has 1 N–H and O–H groups in total. The lowest BCUT2D eigenvalue weighted by molar-refractivity contribution is -0.132. The van der Waals surface area contributed by atoms with Crippen LogP contribution in [0.3, 0.4) is 0 Å². The van der Waals surface area contributed by atoms with Crippen LogP contribution in [0.15, 0.2) is 40.9 Å². The molecule has 0 saturated carbocycles. The lowest BCUT2D eigenvalue weighted by Crippen LogP contribution is -2.44. The first-order valence-electron chi connectivity index (χ1n) is 9.21. The second-order valence-corrected chi connectivity index (χ2v) is 8.40. The maximum Gasteiger partial charge on any atom is 0.235 e. The Labute approximate surface area is 176 Å². The van der Waals surface area contributed by atoms with Gasteiger partial charge in [-0.15, -0.1) is 0 Å². The highest BCUT2D eigenvalue weighted by molar-refractivity contribution is 6.42. The number of carbonyl (C=O) groups is 2. The Morgan fingerprint density at radius 2 is 2.17 bits per heavy atom. The molecule has 2 amide bonds. The highest BCUT2D eigenvalue weighted by atomic mass is 35.5. The summed E-state index contributed by atoms with van der Waals surface area (Å²) in [6.45, 7) is 2.35. The summed E-state index contributed by atoms with van der Waals surface area (Å²) in [6.07, 6.45) is 3.35. The summed E-state index contributed by atoms with van der Waals surface area (Å²) in [5, 5.41) is 7.72. The molecule has 4 heterocycles. The maximum atomic E-state index is 13.2. The zero-order valence-corrected chi connectivity index (χ0v) is 16.9. The molecule has 9 heteroatoms.